The van der Waals surface area contributed by atoms with Crippen molar-refractivity contribution in [1.82, 2.24) is 0 Å². The molecule has 6 heteroatoms. The first-order valence-electron chi connectivity index (χ1n) is 18.0. The molecule has 0 saturated heterocycles. The van der Waals surface area contributed by atoms with Crippen LogP contribution < -0.4 is 0 Å². The van der Waals surface area contributed by atoms with Crippen molar-refractivity contribution in [3.63, 3.8) is 0 Å². The Labute approximate surface area is 271 Å². The number of aliphatic carboxylic acids is 1. The van der Waals surface area contributed by atoms with Gasteiger partial charge in [-0.15, -0.1) is 0 Å². The van der Waals surface area contributed by atoms with Gasteiger partial charge in [0.25, 0.3) is 0 Å². The molecule has 6 nitrogen and oxygen atoms in total. The summed E-state index contributed by atoms with van der Waals surface area (Å²) in [4.78, 5) is 38.5. The van der Waals surface area contributed by atoms with E-state index in [1.54, 1.807) is 0 Å². The zero-order valence-electron chi connectivity index (χ0n) is 29.6. The quantitative estimate of drug-likeness (QED) is 0.236. The SMILES string of the molecule is C=C(C)[C@@H]1CC[C@]2(C(=O)O)CC[C@]3(C)[C@H](CC[C@@H]4[C@@]5(C)CC[C@H](OC(=O)[C@H]6[C@@H](CC(=O)OC)C6(C)C)C(C)(C)[C@@H]5CC[C@]43C)[C@@H]12. The van der Waals surface area contributed by atoms with Gasteiger partial charge in [-0.2, -0.15) is 0 Å². The summed E-state index contributed by atoms with van der Waals surface area (Å²) < 4.78 is 11.3. The van der Waals surface area contributed by atoms with Crippen LogP contribution in [0.5, 0.6) is 0 Å². The molecule has 0 aromatic carbocycles. The first-order chi connectivity index (χ1) is 20.8. The number of carbonyl (C=O) groups excluding carboxylic acids is 2. The maximum absolute atomic E-state index is 13.6. The van der Waals surface area contributed by atoms with Crippen LogP contribution in [0.1, 0.15) is 126 Å². The third-order valence-electron chi connectivity index (χ3n) is 16.6. The lowest BCUT2D eigenvalue weighted by molar-refractivity contribution is -0.250. The monoisotopic (exact) mass is 624 g/mol. The van der Waals surface area contributed by atoms with E-state index in [2.05, 4.69) is 62.0 Å². The number of carboxylic acid groups (broad SMARTS) is 1. The summed E-state index contributed by atoms with van der Waals surface area (Å²) in [5.74, 6) is 0.673. The molecular weight excluding hydrogens is 564 g/mol. The Bertz CT molecular complexity index is 1280. The van der Waals surface area contributed by atoms with Crippen molar-refractivity contribution in [3.8, 4) is 0 Å². The molecule has 0 aromatic rings. The number of hydrogen-bond acceptors (Lipinski definition) is 5. The molecule has 252 valence electrons. The van der Waals surface area contributed by atoms with Crippen LogP contribution in [0, 0.1) is 73.9 Å². The maximum Gasteiger partial charge on any atom is 0.310 e. The first-order valence-corrected chi connectivity index (χ1v) is 18.0. The van der Waals surface area contributed by atoms with Crippen LogP contribution in [-0.4, -0.2) is 36.2 Å². The van der Waals surface area contributed by atoms with Crippen molar-refractivity contribution in [2.75, 3.05) is 7.11 Å². The lowest BCUT2D eigenvalue weighted by Crippen LogP contribution is -2.67. The van der Waals surface area contributed by atoms with Gasteiger partial charge >= 0.3 is 17.9 Å². The number of allylic oxidation sites excluding steroid dienone is 1. The minimum atomic E-state index is -0.589. The number of methoxy groups -OCH3 is 1. The van der Waals surface area contributed by atoms with Crippen LogP contribution >= 0.6 is 0 Å². The highest BCUT2D eigenvalue weighted by atomic mass is 16.5. The molecule has 6 rings (SSSR count). The average Bonchev–Trinajstić information content (AvgIpc) is 3.28. The van der Waals surface area contributed by atoms with Crippen LogP contribution in [0.3, 0.4) is 0 Å². The molecule has 12 atom stereocenters. The third-order valence-corrected chi connectivity index (χ3v) is 16.6. The van der Waals surface area contributed by atoms with Gasteiger partial charge in [-0.25, -0.2) is 0 Å². The van der Waals surface area contributed by atoms with Gasteiger partial charge in [-0.1, -0.05) is 60.6 Å². The number of rotatable bonds is 6. The number of carbonyl (C=O) groups is 3. The summed E-state index contributed by atoms with van der Waals surface area (Å²) in [6.45, 7) is 23.0. The zero-order valence-corrected chi connectivity index (χ0v) is 29.6. The molecule has 6 fully saturated rings. The van der Waals surface area contributed by atoms with Gasteiger partial charge in [0.15, 0.2) is 0 Å². The van der Waals surface area contributed by atoms with Crippen LogP contribution in [0.15, 0.2) is 12.2 Å². The number of ether oxygens (including phenoxy) is 2. The fourth-order valence-electron chi connectivity index (χ4n) is 13.8. The second-order valence-corrected chi connectivity index (χ2v) is 18.6. The second-order valence-electron chi connectivity index (χ2n) is 18.6. The number of fused-ring (bicyclic) bond motifs is 7. The van der Waals surface area contributed by atoms with Crippen molar-refractivity contribution in [2.45, 2.75) is 132 Å². The Morgan fingerprint density at radius 3 is 2.11 bits per heavy atom. The first kappa shape index (κ1) is 33.1. The van der Waals surface area contributed by atoms with Crippen molar-refractivity contribution < 1.29 is 29.0 Å². The largest absolute Gasteiger partial charge is 0.481 e. The van der Waals surface area contributed by atoms with Crippen LogP contribution in [0.2, 0.25) is 0 Å². The molecule has 0 spiro atoms. The molecule has 0 aliphatic heterocycles. The van der Waals surface area contributed by atoms with Gasteiger partial charge in [0.05, 0.1) is 18.4 Å². The summed E-state index contributed by atoms with van der Waals surface area (Å²) in [6.07, 6.45) is 10.2. The zero-order chi connectivity index (χ0) is 33.1. The van der Waals surface area contributed by atoms with E-state index in [-0.39, 0.29) is 69.3 Å². The van der Waals surface area contributed by atoms with Gasteiger partial charge in [0, 0.05) is 11.8 Å². The Hall–Kier alpha value is -1.85. The Kier molecular flexibility index (Phi) is 7.59. The topological polar surface area (TPSA) is 89.9 Å². The molecule has 6 aliphatic carbocycles. The van der Waals surface area contributed by atoms with E-state index >= 15 is 0 Å². The lowest BCUT2D eigenvalue weighted by Gasteiger charge is -2.72. The highest BCUT2D eigenvalue weighted by Crippen LogP contribution is 2.77. The summed E-state index contributed by atoms with van der Waals surface area (Å²) in [5.41, 5.74) is 0.576. The van der Waals surface area contributed by atoms with E-state index in [1.165, 1.54) is 12.7 Å². The summed E-state index contributed by atoms with van der Waals surface area (Å²) in [5, 5.41) is 10.7. The van der Waals surface area contributed by atoms with Crippen LogP contribution in [0.25, 0.3) is 0 Å². The van der Waals surface area contributed by atoms with E-state index in [0.29, 0.717) is 23.7 Å². The van der Waals surface area contributed by atoms with Gasteiger partial charge < -0.3 is 14.6 Å². The fourth-order valence-corrected chi connectivity index (χ4v) is 13.8. The molecule has 45 heavy (non-hydrogen) atoms. The molecule has 1 N–H and O–H groups in total. The summed E-state index contributed by atoms with van der Waals surface area (Å²) >= 11 is 0. The van der Waals surface area contributed by atoms with E-state index in [0.717, 1.165) is 64.2 Å². The van der Waals surface area contributed by atoms with Gasteiger partial charge in [-0.05, 0) is 128 Å². The lowest BCUT2D eigenvalue weighted by atomic mass is 9.32. The van der Waals surface area contributed by atoms with Crippen molar-refractivity contribution in [1.29, 1.82) is 0 Å². The van der Waals surface area contributed by atoms with Crippen molar-refractivity contribution in [2.24, 2.45) is 73.9 Å². The highest BCUT2D eigenvalue weighted by molar-refractivity contribution is 5.80. The van der Waals surface area contributed by atoms with Crippen LogP contribution in [0.4, 0.5) is 0 Å². The molecule has 0 bridgehead atoms. The van der Waals surface area contributed by atoms with E-state index in [4.69, 9.17) is 9.47 Å². The van der Waals surface area contributed by atoms with Gasteiger partial charge in [0.2, 0.25) is 0 Å². The number of esters is 2. The molecule has 0 amide bonds. The minimum Gasteiger partial charge on any atom is -0.481 e. The average molecular weight is 625 g/mol. The van der Waals surface area contributed by atoms with Crippen LogP contribution in [-0.2, 0) is 23.9 Å². The highest BCUT2D eigenvalue weighted by Gasteiger charge is 2.72. The van der Waals surface area contributed by atoms with Crippen molar-refractivity contribution >= 4 is 17.9 Å². The number of carboxylic acids is 1. The smallest absolute Gasteiger partial charge is 0.310 e. The van der Waals surface area contributed by atoms with Crippen molar-refractivity contribution in [3.05, 3.63) is 12.2 Å². The Morgan fingerprint density at radius 2 is 1.49 bits per heavy atom. The van der Waals surface area contributed by atoms with E-state index < -0.39 is 11.4 Å². The maximum atomic E-state index is 13.6. The molecule has 0 unspecified atom stereocenters. The number of hydrogen-bond donors (Lipinski definition) is 1. The standard InChI is InChI=1S/C39H60O6/c1-22(2)23-13-18-39(33(42)43)20-19-37(8)24(30(23)39)11-12-27-36(7)16-15-28(35(5,6)26(36)14-17-38(27,37)9)45-32(41)31-25(34(31,3)4)21-29(40)44-10/h23-28,30-31H,1,11-21H2,2-10H3,(H,42,43)/t23-,24+,25+,26-,27+,28-,30+,31+,36-,37+,38+,39-/m0/s1. The molecule has 0 heterocycles. The predicted octanol–water partition coefficient (Wildman–Crippen LogP) is 8.48. The summed E-state index contributed by atoms with van der Waals surface area (Å²) in [7, 11) is 1.40. The van der Waals surface area contributed by atoms with E-state index in [9.17, 15) is 19.5 Å². The Morgan fingerprint density at radius 1 is 0.800 bits per heavy atom. The molecule has 6 saturated carbocycles. The third kappa shape index (κ3) is 4.34. The predicted molar refractivity (Wildman–Crippen MR) is 174 cm³/mol. The molecule has 6 aliphatic rings. The molecular formula is C39H60O6. The Balaban J connectivity index is 1.24. The second kappa shape index (κ2) is 10.3. The van der Waals surface area contributed by atoms with E-state index in [1.807, 2.05) is 0 Å². The van der Waals surface area contributed by atoms with Gasteiger partial charge in [-0.3, -0.25) is 14.4 Å². The molecule has 0 radical (unpaired) electrons. The fraction of sp³-hybridized carbons (Fsp3) is 0.872. The molecule has 0 aromatic heterocycles. The normalized spacial score (nSPS) is 48.9. The minimum absolute atomic E-state index is 0.0274. The van der Waals surface area contributed by atoms with Gasteiger partial charge in [0.1, 0.15) is 6.10 Å². The summed E-state index contributed by atoms with van der Waals surface area (Å²) in [6, 6.07) is 0.